The number of ether oxygens (including phenoxy) is 1. The van der Waals surface area contributed by atoms with Gasteiger partial charge in [-0.25, -0.2) is 14.4 Å². The summed E-state index contributed by atoms with van der Waals surface area (Å²) in [4.78, 5) is 18.6. The maximum absolute atomic E-state index is 14.3. The standard InChI is InChI=1S/C16H14F4N4O2.ClH/c17-11-5-9(1-2-10(11)13-7-21-3-4-26-13)24-15(25)12-6-23-14(8-22-12)16(18,19)20;/h1-2,5-6,8,13,21H,3-4,7H2,(H,24,25);1H. The van der Waals surface area contributed by atoms with E-state index < -0.39 is 29.7 Å². The summed E-state index contributed by atoms with van der Waals surface area (Å²) in [6, 6.07) is 4.08. The normalized spacial score (nSPS) is 17.1. The summed E-state index contributed by atoms with van der Waals surface area (Å²) in [5.41, 5.74) is -1.03. The molecule has 0 aliphatic carbocycles. The number of benzene rings is 1. The second-order valence-corrected chi connectivity index (χ2v) is 5.54. The van der Waals surface area contributed by atoms with Crippen molar-refractivity contribution in [2.24, 2.45) is 0 Å². The van der Waals surface area contributed by atoms with Crippen LogP contribution in [-0.2, 0) is 10.9 Å². The van der Waals surface area contributed by atoms with Crippen LogP contribution in [0.1, 0.15) is 27.8 Å². The highest BCUT2D eigenvalue weighted by molar-refractivity contribution is 6.02. The smallest absolute Gasteiger partial charge is 0.371 e. The van der Waals surface area contributed by atoms with Crippen LogP contribution in [0.15, 0.2) is 30.6 Å². The lowest BCUT2D eigenvalue weighted by Crippen LogP contribution is -2.33. The third-order valence-corrected chi connectivity index (χ3v) is 3.71. The second-order valence-electron chi connectivity index (χ2n) is 5.54. The molecule has 1 saturated heterocycles. The molecule has 6 nitrogen and oxygen atoms in total. The summed E-state index contributed by atoms with van der Waals surface area (Å²) < 4.78 is 57.1. The molecule has 1 atom stereocenters. The number of nitrogens with one attached hydrogen (secondary N) is 2. The number of halogens is 5. The van der Waals surface area contributed by atoms with Crippen molar-refractivity contribution in [1.29, 1.82) is 0 Å². The Morgan fingerprint density at radius 3 is 2.59 bits per heavy atom. The number of carbonyl (C=O) groups excluding carboxylic acids is 1. The summed E-state index contributed by atoms with van der Waals surface area (Å²) in [6.07, 6.45) is -3.89. The van der Waals surface area contributed by atoms with Crippen LogP contribution in [0, 0.1) is 5.82 Å². The Labute approximate surface area is 157 Å². The molecule has 1 aliphatic heterocycles. The second kappa shape index (κ2) is 8.59. The van der Waals surface area contributed by atoms with Gasteiger partial charge in [0.15, 0.2) is 5.69 Å². The van der Waals surface area contributed by atoms with Crippen molar-refractivity contribution in [1.82, 2.24) is 15.3 Å². The molecule has 1 unspecified atom stereocenters. The molecule has 2 N–H and O–H groups in total. The van der Waals surface area contributed by atoms with E-state index in [9.17, 15) is 22.4 Å². The predicted molar refractivity (Wildman–Crippen MR) is 90.2 cm³/mol. The fourth-order valence-electron chi connectivity index (χ4n) is 2.42. The minimum Gasteiger partial charge on any atom is -0.371 e. The molecule has 2 heterocycles. The lowest BCUT2D eigenvalue weighted by atomic mass is 10.1. The largest absolute Gasteiger partial charge is 0.434 e. The van der Waals surface area contributed by atoms with Crippen LogP contribution in [0.3, 0.4) is 0 Å². The van der Waals surface area contributed by atoms with Crippen LogP contribution in [0.4, 0.5) is 23.2 Å². The number of alkyl halides is 3. The summed E-state index contributed by atoms with van der Waals surface area (Å²) in [5, 5.41) is 5.46. The first-order valence-electron chi connectivity index (χ1n) is 7.67. The molecular weight excluding hydrogens is 392 g/mol. The van der Waals surface area contributed by atoms with Crippen molar-refractivity contribution < 1.29 is 27.1 Å². The predicted octanol–water partition coefficient (Wildman–Crippen LogP) is 2.97. The summed E-state index contributed by atoms with van der Waals surface area (Å²) in [7, 11) is 0. The van der Waals surface area contributed by atoms with Crippen molar-refractivity contribution >= 4 is 24.0 Å². The van der Waals surface area contributed by atoms with Crippen molar-refractivity contribution in [3.63, 3.8) is 0 Å². The molecule has 1 aliphatic rings. The maximum atomic E-state index is 14.3. The van der Waals surface area contributed by atoms with E-state index in [2.05, 4.69) is 20.6 Å². The number of carbonyl (C=O) groups is 1. The third-order valence-electron chi connectivity index (χ3n) is 3.71. The topological polar surface area (TPSA) is 76.1 Å². The lowest BCUT2D eigenvalue weighted by molar-refractivity contribution is -0.141. The molecule has 1 aromatic heterocycles. The van der Waals surface area contributed by atoms with Gasteiger partial charge in [-0.1, -0.05) is 6.07 Å². The summed E-state index contributed by atoms with van der Waals surface area (Å²) >= 11 is 0. The van der Waals surface area contributed by atoms with Gasteiger partial charge in [0.05, 0.1) is 25.1 Å². The van der Waals surface area contributed by atoms with Gasteiger partial charge < -0.3 is 15.4 Å². The van der Waals surface area contributed by atoms with Gasteiger partial charge in [-0.3, -0.25) is 4.79 Å². The number of morpholine rings is 1. The highest BCUT2D eigenvalue weighted by Gasteiger charge is 2.33. The number of hydrogen-bond acceptors (Lipinski definition) is 5. The Balaban J connectivity index is 0.00000261. The Kier molecular flexibility index (Phi) is 6.68. The Hall–Kier alpha value is -2.30. The Bertz CT molecular complexity index is 796. The molecule has 0 spiro atoms. The minimum atomic E-state index is -4.64. The number of amides is 1. The van der Waals surface area contributed by atoms with E-state index >= 15 is 0 Å². The number of rotatable bonds is 3. The monoisotopic (exact) mass is 406 g/mol. The van der Waals surface area contributed by atoms with Crippen LogP contribution in [0.25, 0.3) is 0 Å². The molecule has 1 amide bonds. The van der Waals surface area contributed by atoms with E-state index in [1.165, 1.54) is 12.1 Å². The third kappa shape index (κ3) is 5.12. The lowest BCUT2D eigenvalue weighted by Gasteiger charge is -2.24. The number of aromatic nitrogens is 2. The van der Waals surface area contributed by atoms with Crippen molar-refractivity contribution in [2.45, 2.75) is 12.3 Å². The molecule has 0 saturated carbocycles. The first-order chi connectivity index (χ1) is 12.3. The van der Waals surface area contributed by atoms with Crippen molar-refractivity contribution in [2.75, 3.05) is 25.0 Å². The van der Waals surface area contributed by atoms with Gasteiger partial charge in [0.2, 0.25) is 0 Å². The van der Waals surface area contributed by atoms with E-state index in [1.54, 1.807) is 0 Å². The van der Waals surface area contributed by atoms with Crippen LogP contribution < -0.4 is 10.6 Å². The van der Waals surface area contributed by atoms with Gasteiger partial charge >= 0.3 is 6.18 Å². The average Bonchev–Trinajstić information content (AvgIpc) is 2.62. The van der Waals surface area contributed by atoms with Crippen molar-refractivity contribution in [3.8, 4) is 0 Å². The Morgan fingerprint density at radius 2 is 2.04 bits per heavy atom. The van der Waals surface area contributed by atoms with Gasteiger partial charge in [0, 0.05) is 24.3 Å². The van der Waals surface area contributed by atoms with E-state index in [4.69, 9.17) is 4.74 Å². The van der Waals surface area contributed by atoms with E-state index in [1.807, 2.05) is 0 Å². The highest BCUT2D eigenvalue weighted by Crippen LogP contribution is 2.27. The fourth-order valence-corrected chi connectivity index (χ4v) is 2.42. The fraction of sp³-hybridized carbons (Fsp3) is 0.312. The zero-order valence-corrected chi connectivity index (χ0v) is 14.5. The summed E-state index contributed by atoms with van der Waals surface area (Å²) in [6.45, 7) is 1.64. The number of anilines is 1. The van der Waals surface area contributed by atoms with Crippen LogP contribution in [0.5, 0.6) is 0 Å². The first-order valence-corrected chi connectivity index (χ1v) is 7.67. The molecule has 11 heteroatoms. The van der Waals surface area contributed by atoms with E-state index in [-0.39, 0.29) is 23.8 Å². The zero-order valence-electron chi connectivity index (χ0n) is 13.7. The first kappa shape index (κ1) is 21.0. The molecule has 2 aromatic rings. The van der Waals surface area contributed by atoms with Crippen LogP contribution in [-0.4, -0.2) is 35.6 Å². The summed E-state index contributed by atoms with van der Waals surface area (Å²) in [5.74, 6) is -1.36. The van der Waals surface area contributed by atoms with E-state index in [0.717, 1.165) is 6.07 Å². The molecule has 1 aromatic carbocycles. The molecule has 0 bridgehead atoms. The molecule has 1 fully saturated rings. The molecule has 27 heavy (non-hydrogen) atoms. The van der Waals surface area contributed by atoms with Crippen LogP contribution >= 0.6 is 12.4 Å². The van der Waals surface area contributed by atoms with Gasteiger partial charge in [-0.2, -0.15) is 13.2 Å². The van der Waals surface area contributed by atoms with E-state index in [0.29, 0.717) is 37.7 Å². The van der Waals surface area contributed by atoms with Crippen LogP contribution in [0.2, 0.25) is 0 Å². The van der Waals surface area contributed by atoms with Gasteiger partial charge in [0.1, 0.15) is 11.5 Å². The molecule has 3 rings (SSSR count). The molecular formula is C16H15ClF4N4O2. The SMILES string of the molecule is Cl.O=C(Nc1ccc(C2CNCCO2)c(F)c1)c1cnc(C(F)(F)F)cn1. The number of nitrogens with zero attached hydrogens (tertiary/aromatic N) is 2. The minimum absolute atomic E-state index is 0. The van der Waals surface area contributed by atoms with Gasteiger partial charge in [-0.15, -0.1) is 12.4 Å². The van der Waals surface area contributed by atoms with Crippen molar-refractivity contribution in [3.05, 3.63) is 53.4 Å². The number of hydrogen-bond donors (Lipinski definition) is 2. The molecule has 0 radical (unpaired) electrons. The Morgan fingerprint density at radius 1 is 1.26 bits per heavy atom. The van der Waals surface area contributed by atoms with Gasteiger partial charge in [-0.05, 0) is 12.1 Å². The zero-order chi connectivity index (χ0) is 18.7. The van der Waals surface area contributed by atoms with Gasteiger partial charge in [0.25, 0.3) is 5.91 Å². The highest BCUT2D eigenvalue weighted by atomic mass is 35.5. The maximum Gasteiger partial charge on any atom is 0.434 e. The average molecular weight is 407 g/mol. The molecule has 146 valence electrons. The quantitative estimate of drug-likeness (QED) is 0.766.